The van der Waals surface area contributed by atoms with Crippen molar-refractivity contribution in [3.63, 3.8) is 0 Å². The Morgan fingerprint density at radius 2 is 1.79 bits per heavy atom. The second kappa shape index (κ2) is 9.23. The third-order valence-corrected chi connectivity index (χ3v) is 4.67. The number of pyridine rings is 1. The number of carbonyl (C=O) groups is 1. The molecule has 7 heteroatoms. The number of hydrogen-bond acceptors (Lipinski definition) is 5. The standard InChI is InChI=1S/C21H19BrN2O4/c1-26-16-4-5-18(22)17(12-16)21(25)24-15-3-6-19(27-2)20(11-15)28-13-14-7-9-23-10-8-14/h3-12H,13H2,1-2H3,(H,24,25). The molecule has 0 aliphatic rings. The molecule has 0 fully saturated rings. The Morgan fingerprint density at radius 3 is 2.50 bits per heavy atom. The van der Waals surface area contributed by atoms with Crippen molar-refractivity contribution >= 4 is 27.5 Å². The molecule has 0 saturated heterocycles. The van der Waals surface area contributed by atoms with E-state index in [2.05, 4.69) is 26.2 Å². The van der Waals surface area contributed by atoms with Crippen molar-refractivity contribution in [1.29, 1.82) is 0 Å². The Kier molecular flexibility index (Phi) is 6.49. The molecule has 0 bridgehead atoms. The van der Waals surface area contributed by atoms with Gasteiger partial charge in [0.25, 0.3) is 5.91 Å². The molecule has 6 nitrogen and oxygen atoms in total. The number of ether oxygens (including phenoxy) is 3. The number of rotatable bonds is 7. The SMILES string of the molecule is COc1ccc(Br)c(C(=O)Nc2ccc(OC)c(OCc3ccncc3)c2)c1. The third-order valence-electron chi connectivity index (χ3n) is 3.98. The van der Waals surface area contributed by atoms with Gasteiger partial charge in [0.2, 0.25) is 0 Å². The van der Waals surface area contributed by atoms with E-state index in [0.717, 1.165) is 5.56 Å². The molecule has 1 N–H and O–H groups in total. The number of carbonyl (C=O) groups excluding carboxylic acids is 1. The number of amides is 1. The van der Waals surface area contributed by atoms with E-state index in [4.69, 9.17) is 14.2 Å². The molecule has 3 aromatic rings. The summed E-state index contributed by atoms with van der Waals surface area (Å²) in [4.78, 5) is 16.7. The molecule has 1 amide bonds. The second-order valence-electron chi connectivity index (χ2n) is 5.81. The average molecular weight is 443 g/mol. The van der Waals surface area contributed by atoms with Crippen molar-refractivity contribution in [1.82, 2.24) is 4.98 Å². The van der Waals surface area contributed by atoms with Gasteiger partial charge in [0.05, 0.1) is 19.8 Å². The zero-order chi connectivity index (χ0) is 19.9. The third kappa shape index (κ3) is 4.80. The largest absolute Gasteiger partial charge is 0.497 e. The van der Waals surface area contributed by atoms with Gasteiger partial charge in [0.1, 0.15) is 12.4 Å². The molecule has 3 rings (SSSR count). The van der Waals surface area contributed by atoms with Crippen LogP contribution in [0.15, 0.2) is 65.4 Å². The van der Waals surface area contributed by atoms with Crippen LogP contribution in [0.1, 0.15) is 15.9 Å². The predicted molar refractivity (Wildman–Crippen MR) is 110 cm³/mol. The number of benzene rings is 2. The summed E-state index contributed by atoms with van der Waals surface area (Å²) in [6, 6.07) is 14.2. The fraction of sp³-hybridized carbons (Fsp3) is 0.143. The van der Waals surface area contributed by atoms with E-state index in [1.54, 1.807) is 63.0 Å². The Bertz CT molecular complexity index is 964. The van der Waals surface area contributed by atoms with E-state index < -0.39 is 0 Å². The van der Waals surface area contributed by atoms with Gasteiger partial charge in [0, 0.05) is 28.6 Å². The Morgan fingerprint density at radius 1 is 1.00 bits per heavy atom. The van der Waals surface area contributed by atoms with Crippen LogP contribution in [0, 0.1) is 0 Å². The lowest BCUT2D eigenvalue weighted by Gasteiger charge is -2.13. The maximum Gasteiger partial charge on any atom is 0.256 e. The monoisotopic (exact) mass is 442 g/mol. The summed E-state index contributed by atoms with van der Waals surface area (Å²) >= 11 is 3.40. The van der Waals surface area contributed by atoms with Crippen LogP contribution in [0.3, 0.4) is 0 Å². The van der Waals surface area contributed by atoms with Crippen LogP contribution in [-0.2, 0) is 6.61 Å². The maximum absolute atomic E-state index is 12.7. The van der Waals surface area contributed by atoms with Gasteiger partial charge in [-0.15, -0.1) is 0 Å². The molecule has 1 heterocycles. The molecule has 0 spiro atoms. The molecular weight excluding hydrogens is 424 g/mol. The summed E-state index contributed by atoms with van der Waals surface area (Å²) in [5.41, 5.74) is 2.03. The lowest BCUT2D eigenvalue weighted by Crippen LogP contribution is -2.13. The summed E-state index contributed by atoms with van der Waals surface area (Å²) < 4.78 is 17.1. The highest BCUT2D eigenvalue weighted by Crippen LogP contribution is 2.31. The van der Waals surface area contributed by atoms with Gasteiger partial charge in [-0.1, -0.05) is 0 Å². The number of methoxy groups -OCH3 is 2. The van der Waals surface area contributed by atoms with Gasteiger partial charge >= 0.3 is 0 Å². The van der Waals surface area contributed by atoms with Crippen LogP contribution in [0.4, 0.5) is 5.69 Å². The topological polar surface area (TPSA) is 69.7 Å². The summed E-state index contributed by atoms with van der Waals surface area (Å²) in [6.45, 7) is 0.359. The van der Waals surface area contributed by atoms with E-state index >= 15 is 0 Å². The molecule has 28 heavy (non-hydrogen) atoms. The highest BCUT2D eigenvalue weighted by molar-refractivity contribution is 9.10. The van der Waals surface area contributed by atoms with E-state index in [0.29, 0.717) is 39.6 Å². The van der Waals surface area contributed by atoms with E-state index in [-0.39, 0.29) is 5.91 Å². The van der Waals surface area contributed by atoms with Crippen LogP contribution >= 0.6 is 15.9 Å². The molecule has 0 aliphatic carbocycles. The summed E-state index contributed by atoms with van der Waals surface area (Å²) in [5.74, 6) is 1.44. The highest BCUT2D eigenvalue weighted by atomic mass is 79.9. The first kappa shape index (κ1) is 19.7. The van der Waals surface area contributed by atoms with Crippen molar-refractivity contribution in [3.8, 4) is 17.2 Å². The maximum atomic E-state index is 12.7. The first-order chi connectivity index (χ1) is 13.6. The molecule has 0 atom stereocenters. The summed E-state index contributed by atoms with van der Waals surface area (Å²) in [7, 11) is 3.13. The van der Waals surface area contributed by atoms with Crippen LogP contribution in [0.25, 0.3) is 0 Å². The predicted octanol–water partition coefficient (Wildman–Crippen LogP) is 4.69. The molecule has 1 aromatic heterocycles. The zero-order valence-electron chi connectivity index (χ0n) is 15.4. The first-order valence-electron chi connectivity index (χ1n) is 8.45. The Hall–Kier alpha value is -3.06. The van der Waals surface area contributed by atoms with E-state index in [9.17, 15) is 4.79 Å². The molecule has 0 aliphatic heterocycles. The lowest BCUT2D eigenvalue weighted by molar-refractivity contribution is 0.102. The molecule has 0 radical (unpaired) electrons. The number of nitrogens with zero attached hydrogens (tertiary/aromatic N) is 1. The number of anilines is 1. The van der Waals surface area contributed by atoms with Crippen molar-refractivity contribution < 1.29 is 19.0 Å². The van der Waals surface area contributed by atoms with Gasteiger partial charge in [-0.3, -0.25) is 9.78 Å². The minimum absolute atomic E-state index is 0.268. The second-order valence-corrected chi connectivity index (χ2v) is 6.66. The van der Waals surface area contributed by atoms with Crippen molar-refractivity contribution in [2.45, 2.75) is 6.61 Å². The molecular formula is C21H19BrN2O4. The van der Waals surface area contributed by atoms with Gasteiger partial charge in [-0.25, -0.2) is 0 Å². The molecule has 0 unspecified atom stereocenters. The molecule has 144 valence electrons. The smallest absolute Gasteiger partial charge is 0.256 e. The summed E-state index contributed by atoms with van der Waals surface area (Å²) in [5, 5.41) is 2.87. The van der Waals surface area contributed by atoms with E-state index in [1.165, 1.54) is 0 Å². The van der Waals surface area contributed by atoms with Crippen LogP contribution < -0.4 is 19.5 Å². The fourth-order valence-corrected chi connectivity index (χ4v) is 2.94. The first-order valence-corrected chi connectivity index (χ1v) is 9.24. The van der Waals surface area contributed by atoms with Crippen molar-refractivity contribution in [3.05, 3.63) is 76.5 Å². The fourth-order valence-electron chi connectivity index (χ4n) is 2.51. The van der Waals surface area contributed by atoms with Gasteiger partial charge in [0.15, 0.2) is 11.5 Å². The number of nitrogens with one attached hydrogen (secondary N) is 1. The Labute approximate surface area is 171 Å². The molecule has 2 aromatic carbocycles. The summed E-state index contributed by atoms with van der Waals surface area (Å²) in [6.07, 6.45) is 3.41. The number of halogens is 1. The van der Waals surface area contributed by atoms with Gasteiger partial charge in [-0.05, 0) is 64.0 Å². The van der Waals surface area contributed by atoms with Crippen molar-refractivity contribution in [2.75, 3.05) is 19.5 Å². The number of aromatic nitrogens is 1. The quantitative estimate of drug-likeness (QED) is 0.574. The molecule has 0 saturated carbocycles. The minimum Gasteiger partial charge on any atom is -0.497 e. The average Bonchev–Trinajstić information content (AvgIpc) is 2.73. The zero-order valence-corrected chi connectivity index (χ0v) is 17.0. The van der Waals surface area contributed by atoms with E-state index in [1.807, 2.05) is 12.1 Å². The lowest BCUT2D eigenvalue weighted by atomic mass is 10.2. The van der Waals surface area contributed by atoms with Crippen LogP contribution in [0.5, 0.6) is 17.2 Å². The van der Waals surface area contributed by atoms with Crippen LogP contribution in [-0.4, -0.2) is 25.1 Å². The van der Waals surface area contributed by atoms with Crippen LogP contribution in [0.2, 0.25) is 0 Å². The normalized spacial score (nSPS) is 10.2. The van der Waals surface area contributed by atoms with Gasteiger partial charge in [-0.2, -0.15) is 0 Å². The van der Waals surface area contributed by atoms with Gasteiger partial charge < -0.3 is 19.5 Å². The minimum atomic E-state index is -0.268. The Balaban J connectivity index is 1.78. The van der Waals surface area contributed by atoms with Crippen molar-refractivity contribution in [2.24, 2.45) is 0 Å². The highest BCUT2D eigenvalue weighted by Gasteiger charge is 2.13. The number of hydrogen-bond donors (Lipinski definition) is 1.